The molecule has 2 fully saturated rings. The molecule has 1 aliphatic heterocycles. The minimum atomic E-state index is 0.104. The Kier molecular flexibility index (Phi) is 6.72. The van der Waals surface area contributed by atoms with Crippen LogP contribution in [0.15, 0.2) is 24.4 Å². The maximum atomic E-state index is 12.6. The molecular formula is C24H33N5O. The van der Waals surface area contributed by atoms with Gasteiger partial charge in [0.25, 0.3) is 0 Å². The predicted octanol–water partition coefficient (Wildman–Crippen LogP) is 3.47. The first-order valence-corrected chi connectivity index (χ1v) is 11.3. The van der Waals surface area contributed by atoms with Gasteiger partial charge in [-0.2, -0.15) is 0 Å². The van der Waals surface area contributed by atoms with E-state index < -0.39 is 0 Å². The van der Waals surface area contributed by atoms with Crippen LogP contribution in [0.25, 0.3) is 0 Å². The first-order chi connectivity index (χ1) is 14.6. The molecule has 1 amide bonds. The van der Waals surface area contributed by atoms with E-state index in [2.05, 4.69) is 21.3 Å². The molecule has 1 saturated heterocycles. The summed E-state index contributed by atoms with van der Waals surface area (Å²) >= 11 is 0. The van der Waals surface area contributed by atoms with E-state index in [0.29, 0.717) is 18.4 Å². The lowest BCUT2D eigenvalue weighted by atomic mass is 9.95. The van der Waals surface area contributed by atoms with E-state index in [1.54, 1.807) is 0 Å². The molecule has 0 unspecified atom stereocenters. The molecule has 2 aromatic rings. The third kappa shape index (κ3) is 5.22. The molecule has 1 aliphatic carbocycles. The predicted molar refractivity (Wildman–Crippen MR) is 117 cm³/mol. The maximum absolute atomic E-state index is 12.6. The number of hydrogen-bond donors (Lipinski definition) is 1. The lowest BCUT2D eigenvalue weighted by Crippen LogP contribution is -2.37. The normalized spacial score (nSPS) is 20.4. The molecular weight excluding hydrogens is 374 g/mol. The fourth-order valence-electron chi connectivity index (χ4n) is 4.80. The Bertz CT molecular complexity index is 840. The summed E-state index contributed by atoms with van der Waals surface area (Å²) in [4.78, 5) is 29.1. The molecule has 2 aromatic heterocycles. The lowest BCUT2D eigenvalue weighted by Gasteiger charge is -2.23. The van der Waals surface area contributed by atoms with Crippen LogP contribution in [-0.4, -0.2) is 44.9 Å². The van der Waals surface area contributed by atoms with Crippen molar-refractivity contribution in [2.45, 2.75) is 77.3 Å². The van der Waals surface area contributed by atoms with Crippen LogP contribution in [0.4, 0.5) is 0 Å². The van der Waals surface area contributed by atoms with Crippen molar-refractivity contribution in [3.05, 3.63) is 52.9 Å². The monoisotopic (exact) mass is 407 g/mol. The molecule has 1 atom stereocenters. The number of amides is 1. The molecule has 0 spiro atoms. The van der Waals surface area contributed by atoms with Gasteiger partial charge in [0.15, 0.2) is 0 Å². The van der Waals surface area contributed by atoms with Crippen LogP contribution in [0.2, 0.25) is 0 Å². The average Bonchev–Trinajstić information content (AvgIpc) is 3.20. The highest BCUT2D eigenvalue weighted by Crippen LogP contribution is 2.27. The Labute approximate surface area is 179 Å². The smallest absolute Gasteiger partial charge is 0.224 e. The van der Waals surface area contributed by atoms with Gasteiger partial charge in [0.05, 0.1) is 12.1 Å². The third-order valence-corrected chi connectivity index (χ3v) is 6.49. The van der Waals surface area contributed by atoms with Crippen molar-refractivity contribution in [2.75, 3.05) is 13.1 Å². The van der Waals surface area contributed by atoms with Crippen molar-refractivity contribution < 1.29 is 4.79 Å². The Balaban J connectivity index is 1.37. The molecule has 6 nitrogen and oxygen atoms in total. The van der Waals surface area contributed by atoms with Crippen LogP contribution in [0, 0.1) is 13.8 Å². The van der Waals surface area contributed by atoms with E-state index in [0.717, 1.165) is 67.4 Å². The van der Waals surface area contributed by atoms with Gasteiger partial charge in [-0.3, -0.25) is 14.7 Å². The summed E-state index contributed by atoms with van der Waals surface area (Å²) in [5.41, 5.74) is 3.97. The molecule has 6 heteroatoms. The van der Waals surface area contributed by atoms with E-state index in [1.165, 1.54) is 19.3 Å². The molecule has 4 rings (SSSR count). The van der Waals surface area contributed by atoms with E-state index >= 15 is 0 Å². The number of aryl methyl sites for hydroxylation is 2. The average molecular weight is 408 g/mol. The van der Waals surface area contributed by atoms with Gasteiger partial charge in [0, 0.05) is 48.2 Å². The summed E-state index contributed by atoms with van der Waals surface area (Å²) in [6.45, 7) is 6.89. The van der Waals surface area contributed by atoms with Crippen molar-refractivity contribution >= 4 is 5.91 Å². The number of carbonyl (C=O) groups is 1. The van der Waals surface area contributed by atoms with Crippen LogP contribution in [0.5, 0.6) is 0 Å². The van der Waals surface area contributed by atoms with Crippen LogP contribution in [0.3, 0.4) is 0 Å². The molecule has 1 N–H and O–H groups in total. The van der Waals surface area contributed by atoms with Gasteiger partial charge < -0.3 is 5.32 Å². The van der Waals surface area contributed by atoms with Gasteiger partial charge in [-0.05, 0) is 51.8 Å². The fraction of sp³-hybridized carbons (Fsp3) is 0.583. The number of aromatic nitrogens is 3. The van der Waals surface area contributed by atoms with Crippen molar-refractivity contribution in [2.24, 2.45) is 0 Å². The van der Waals surface area contributed by atoms with Crippen LogP contribution < -0.4 is 5.32 Å². The van der Waals surface area contributed by atoms with Gasteiger partial charge in [0.2, 0.25) is 5.91 Å². The molecule has 3 heterocycles. The maximum Gasteiger partial charge on any atom is 0.224 e. The first-order valence-electron chi connectivity index (χ1n) is 11.3. The van der Waals surface area contributed by atoms with E-state index in [4.69, 9.17) is 9.97 Å². The van der Waals surface area contributed by atoms with Crippen molar-refractivity contribution in [1.82, 2.24) is 25.2 Å². The highest BCUT2D eigenvalue weighted by molar-refractivity contribution is 5.79. The quantitative estimate of drug-likeness (QED) is 0.794. The Morgan fingerprint density at radius 1 is 1.10 bits per heavy atom. The summed E-state index contributed by atoms with van der Waals surface area (Å²) in [5.74, 6) is 1.37. The summed E-state index contributed by atoms with van der Waals surface area (Å²) in [6.07, 6.45) is 9.24. The molecule has 0 bridgehead atoms. The zero-order chi connectivity index (χ0) is 20.9. The van der Waals surface area contributed by atoms with Crippen LogP contribution in [-0.2, 0) is 17.8 Å². The summed E-state index contributed by atoms with van der Waals surface area (Å²) in [5, 5.41) is 3.21. The van der Waals surface area contributed by atoms with Gasteiger partial charge in [-0.15, -0.1) is 0 Å². The largest absolute Gasteiger partial charge is 0.353 e. The number of hydrogen-bond acceptors (Lipinski definition) is 5. The van der Waals surface area contributed by atoms with E-state index in [-0.39, 0.29) is 5.91 Å². The lowest BCUT2D eigenvalue weighted by molar-refractivity contribution is -0.121. The van der Waals surface area contributed by atoms with Gasteiger partial charge in [-0.1, -0.05) is 25.3 Å². The van der Waals surface area contributed by atoms with Crippen molar-refractivity contribution in [3.63, 3.8) is 0 Å². The second-order valence-electron chi connectivity index (χ2n) is 8.85. The van der Waals surface area contributed by atoms with Gasteiger partial charge in [0.1, 0.15) is 5.82 Å². The molecule has 1 saturated carbocycles. The second-order valence-corrected chi connectivity index (χ2v) is 8.85. The van der Waals surface area contributed by atoms with E-state index in [9.17, 15) is 4.79 Å². The van der Waals surface area contributed by atoms with Crippen molar-refractivity contribution in [1.29, 1.82) is 0 Å². The topological polar surface area (TPSA) is 71.0 Å². The zero-order valence-corrected chi connectivity index (χ0v) is 18.2. The number of rotatable bonds is 6. The number of nitrogens with zero attached hydrogens (tertiary/aromatic N) is 4. The van der Waals surface area contributed by atoms with E-state index in [1.807, 2.05) is 32.2 Å². The zero-order valence-electron chi connectivity index (χ0n) is 18.2. The Morgan fingerprint density at radius 3 is 2.57 bits per heavy atom. The van der Waals surface area contributed by atoms with Gasteiger partial charge >= 0.3 is 0 Å². The molecule has 2 aliphatic rings. The number of likely N-dealkylation sites (tertiary alicyclic amines) is 1. The number of pyridine rings is 1. The minimum absolute atomic E-state index is 0.104. The molecule has 30 heavy (non-hydrogen) atoms. The van der Waals surface area contributed by atoms with Crippen molar-refractivity contribution in [3.8, 4) is 0 Å². The van der Waals surface area contributed by atoms with Crippen LogP contribution in [0.1, 0.15) is 72.9 Å². The third-order valence-electron chi connectivity index (χ3n) is 6.49. The molecule has 0 radical (unpaired) electrons. The molecule has 0 aromatic carbocycles. The summed E-state index contributed by atoms with van der Waals surface area (Å²) < 4.78 is 0. The highest BCUT2D eigenvalue weighted by atomic mass is 16.1. The SMILES string of the molecule is Cc1nc([C@@H]2CCN(Cc3ccccn3)C2)nc(C)c1CC(=O)NC1CCCCC1. The van der Waals surface area contributed by atoms with Crippen LogP contribution >= 0.6 is 0 Å². The standard InChI is InChI=1S/C24H33N5O/c1-17-22(14-23(30)28-20-8-4-3-5-9-20)18(2)27-24(26-17)19-11-13-29(15-19)16-21-10-6-7-12-25-21/h6-7,10,12,19-20H,3-5,8-9,11,13-16H2,1-2H3,(H,28,30)/t19-/m1/s1. The fourth-order valence-corrected chi connectivity index (χ4v) is 4.80. The Morgan fingerprint density at radius 2 is 1.87 bits per heavy atom. The van der Waals surface area contributed by atoms with Gasteiger partial charge in [-0.25, -0.2) is 9.97 Å². The Hall–Kier alpha value is -2.34. The second kappa shape index (κ2) is 9.65. The first kappa shape index (κ1) is 20.9. The number of carbonyl (C=O) groups excluding carboxylic acids is 1. The summed E-state index contributed by atoms with van der Waals surface area (Å²) in [7, 11) is 0. The number of nitrogens with one attached hydrogen (secondary N) is 1. The molecule has 160 valence electrons. The highest BCUT2D eigenvalue weighted by Gasteiger charge is 2.27. The summed E-state index contributed by atoms with van der Waals surface area (Å²) in [6, 6.07) is 6.41. The minimum Gasteiger partial charge on any atom is -0.353 e.